The Bertz CT molecular complexity index is 5250. The number of hydrogen-bond acceptors (Lipinski definition) is 7. The van der Waals surface area contributed by atoms with Crippen molar-refractivity contribution in [3.05, 3.63) is 309 Å². The lowest BCUT2D eigenvalue weighted by molar-refractivity contribution is 0.591. The molecule has 9 heteroatoms. The highest BCUT2D eigenvalue weighted by molar-refractivity contribution is 7.00. The minimum Gasteiger partial charge on any atom is -0.311 e. The fourth-order valence-corrected chi connectivity index (χ4v) is 13.8. The number of nitrogens with zero attached hydrogens (tertiary/aromatic N) is 8. The van der Waals surface area contributed by atoms with E-state index in [9.17, 15) is 0 Å². The van der Waals surface area contributed by atoms with Crippen molar-refractivity contribution in [2.45, 2.75) is 26.2 Å². The molecule has 2 aliphatic rings. The van der Waals surface area contributed by atoms with Gasteiger partial charge in [0, 0.05) is 78.2 Å². The summed E-state index contributed by atoms with van der Waals surface area (Å²) < 4.78 is 2.40. The van der Waals surface area contributed by atoms with Crippen molar-refractivity contribution in [1.82, 2.24) is 29.5 Å². The Hall–Kier alpha value is -11.8. The van der Waals surface area contributed by atoms with E-state index < -0.39 is 0 Å². The molecule has 3 aromatic heterocycles. The van der Waals surface area contributed by atoms with E-state index in [0.29, 0.717) is 23.3 Å². The minimum absolute atomic E-state index is 0.0205. The number of anilines is 6. The molecule has 0 amide bonds. The second-order valence-corrected chi connectivity index (χ2v) is 24.8. The highest BCUT2D eigenvalue weighted by Crippen LogP contribution is 2.48. The Morgan fingerprint density at radius 2 is 0.772 bits per heavy atom. The maximum Gasteiger partial charge on any atom is 0.252 e. The zero-order chi connectivity index (χ0) is 61.4. The monoisotopic (exact) mass is 1180 g/mol. The summed E-state index contributed by atoms with van der Waals surface area (Å²) in [7, 11) is 0. The quantitative estimate of drug-likeness (QED) is 0.126. The van der Waals surface area contributed by atoms with Crippen LogP contribution in [0, 0.1) is 0 Å². The summed E-state index contributed by atoms with van der Waals surface area (Å²) in [6, 6.07) is 108. The summed E-state index contributed by atoms with van der Waals surface area (Å²) in [5.41, 5.74) is 24.2. The first kappa shape index (κ1) is 54.4. The summed E-state index contributed by atoms with van der Waals surface area (Å²) in [5, 5.41) is 2.36. The molecule has 8 nitrogen and oxygen atoms in total. The second kappa shape index (κ2) is 22.0. The fraction of sp³-hybridized carbons (Fsp3) is 0.0482. The molecule has 0 bridgehead atoms. The van der Waals surface area contributed by atoms with Gasteiger partial charge in [0.05, 0.1) is 33.8 Å². The normalized spacial score (nSPS) is 12.4. The van der Waals surface area contributed by atoms with Crippen LogP contribution in [-0.2, 0) is 5.41 Å². The van der Waals surface area contributed by atoms with Gasteiger partial charge in [-0.05, 0) is 118 Å². The molecule has 92 heavy (non-hydrogen) atoms. The van der Waals surface area contributed by atoms with E-state index >= 15 is 0 Å². The van der Waals surface area contributed by atoms with Crippen molar-refractivity contribution in [2.24, 2.45) is 0 Å². The van der Waals surface area contributed by atoms with E-state index in [0.717, 1.165) is 101 Å². The topological polar surface area (TPSA) is 75.9 Å². The van der Waals surface area contributed by atoms with E-state index in [2.05, 4.69) is 272 Å². The fourth-order valence-electron chi connectivity index (χ4n) is 13.8. The van der Waals surface area contributed by atoms with E-state index in [1.165, 1.54) is 38.4 Å². The molecule has 0 aliphatic carbocycles. The molecular weight excluding hydrogens is 1120 g/mol. The Morgan fingerprint density at radius 3 is 1.40 bits per heavy atom. The molecule has 0 saturated heterocycles. The van der Waals surface area contributed by atoms with Crippen LogP contribution in [0.3, 0.4) is 0 Å². The summed E-state index contributed by atoms with van der Waals surface area (Å²) in [5.74, 6) is 2.33. The molecule has 5 heterocycles. The molecule has 17 rings (SSSR count). The van der Waals surface area contributed by atoms with Gasteiger partial charge in [0.2, 0.25) is 0 Å². The van der Waals surface area contributed by atoms with Crippen molar-refractivity contribution >= 4 is 79.0 Å². The first-order chi connectivity index (χ1) is 45.3. The smallest absolute Gasteiger partial charge is 0.252 e. The first-order valence-electron chi connectivity index (χ1n) is 31.4. The molecule has 0 unspecified atom stereocenters. The van der Waals surface area contributed by atoms with Crippen LogP contribution >= 0.6 is 0 Å². The molecule has 434 valence electrons. The lowest BCUT2D eigenvalue weighted by atomic mass is 9.33. The Morgan fingerprint density at radius 1 is 0.304 bits per heavy atom. The molecule has 2 aliphatic heterocycles. The highest BCUT2D eigenvalue weighted by Gasteiger charge is 2.44. The second-order valence-electron chi connectivity index (χ2n) is 24.8. The number of rotatable bonds is 10. The van der Waals surface area contributed by atoms with Gasteiger partial charge in [-0.25, -0.2) is 24.9 Å². The zero-order valence-electron chi connectivity index (χ0n) is 51.0. The van der Waals surface area contributed by atoms with E-state index in [1.54, 1.807) is 0 Å². The SMILES string of the molecule is CC(C)(C)c1ccc2c(c1)c1ccccc1n2-c1ccc(-c2nc(-c3ccccc3)nc(-c3ccccc3)n2)cc1-c1cc(-c2ccccc2)nc(-c2ccc(-c3ccc4c5c3N(c3ccccc3)c3ccccc3B5c3ccccc3N4c3ccccc3)cc2)n1. The van der Waals surface area contributed by atoms with Gasteiger partial charge in [0.1, 0.15) is 0 Å². The summed E-state index contributed by atoms with van der Waals surface area (Å²) >= 11 is 0. The number of fused-ring (bicyclic) bond motifs is 7. The summed E-state index contributed by atoms with van der Waals surface area (Å²) in [6.45, 7) is 6.81. The molecule has 0 atom stereocenters. The molecule has 0 N–H and O–H groups in total. The van der Waals surface area contributed by atoms with Gasteiger partial charge < -0.3 is 14.4 Å². The van der Waals surface area contributed by atoms with Crippen LogP contribution < -0.4 is 26.2 Å². The number of benzene rings is 12. The van der Waals surface area contributed by atoms with Crippen LogP contribution in [0.4, 0.5) is 34.1 Å². The minimum atomic E-state index is -0.0540. The highest BCUT2D eigenvalue weighted by atomic mass is 15.2. The average molecular weight is 1180 g/mol. The van der Waals surface area contributed by atoms with Gasteiger partial charge in [-0.2, -0.15) is 0 Å². The number of hydrogen-bond donors (Lipinski definition) is 0. The third kappa shape index (κ3) is 9.27. The predicted molar refractivity (Wildman–Crippen MR) is 381 cm³/mol. The van der Waals surface area contributed by atoms with E-state index in [4.69, 9.17) is 24.9 Å². The van der Waals surface area contributed by atoms with Crippen LogP contribution in [0.25, 0.3) is 107 Å². The zero-order valence-corrected chi connectivity index (χ0v) is 51.0. The van der Waals surface area contributed by atoms with Gasteiger partial charge in [-0.1, -0.05) is 239 Å². The molecule has 0 saturated carbocycles. The van der Waals surface area contributed by atoms with Crippen LogP contribution in [-0.4, -0.2) is 36.2 Å². The van der Waals surface area contributed by atoms with Crippen molar-refractivity contribution in [3.63, 3.8) is 0 Å². The number of para-hydroxylation sites is 5. The molecule has 15 aromatic rings. The van der Waals surface area contributed by atoms with Crippen LogP contribution in [0.2, 0.25) is 0 Å². The van der Waals surface area contributed by atoms with Gasteiger partial charge >= 0.3 is 0 Å². The Kier molecular flexibility index (Phi) is 13.0. The van der Waals surface area contributed by atoms with Crippen LogP contribution in [0.1, 0.15) is 26.3 Å². The van der Waals surface area contributed by atoms with Gasteiger partial charge in [-0.15, -0.1) is 0 Å². The molecule has 0 spiro atoms. The Balaban J connectivity index is 0.874. The van der Waals surface area contributed by atoms with Gasteiger partial charge in [0.25, 0.3) is 6.71 Å². The molecule has 0 radical (unpaired) electrons. The Labute approximate surface area is 535 Å². The maximum absolute atomic E-state index is 5.70. The van der Waals surface area contributed by atoms with Gasteiger partial charge in [-0.3, -0.25) is 0 Å². The van der Waals surface area contributed by atoms with Crippen LogP contribution in [0.5, 0.6) is 0 Å². The average Bonchev–Trinajstić information content (AvgIpc) is 0.844. The van der Waals surface area contributed by atoms with Crippen molar-refractivity contribution in [2.75, 3.05) is 9.80 Å². The number of aromatic nitrogens is 6. The molecule has 0 fully saturated rings. The van der Waals surface area contributed by atoms with Crippen molar-refractivity contribution in [1.29, 1.82) is 0 Å². The lowest BCUT2D eigenvalue weighted by Gasteiger charge is -2.45. The van der Waals surface area contributed by atoms with Crippen molar-refractivity contribution < 1.29 is 0 Å². The predicted octanol–water partition coefficient (Wildman–Crippen LogP) is 18.8. The van der Waals surface area contributed by atoms with Gasteiger partial charge in [0.15, 0.2) is 23.3 Å². The van der Waals surface area contributed by atoms with E-state index in [1.807, 2.05) is 66.7 Å². The van der Waals surface area contributed by atoms with Crippen molar-refractivity contribution in [3.8, 4) is 84.9 Å². The van der Waals surface area contributed by atoms with E-state index in [-0.39, 0.29) is 12.1 Å². The standard InChI is InChI=1S/C83H59BN8/c1-83(2,3)60-46-49-72-65(52-60)64-35-19-22-38-71(64)92(72)73-48-45-59(82-88-80(56-27-11-5-12-28-56)87-81(89-82)57-29-13-6-14-30-57)51-66(73)70-53-69(55-25-9-4-10-26-55)85-79(86-70)58-43-41-54(42-44-58)63-47-50-76-77-78(63)91(62-33-17-8-18-34-62)75-40-24-21-37-68(75)84(77)67-36-20-23-39-74(67)90(76)61-31-15-7-16-32-61/h4-53H,1-3H3. The summed E-state index contributed by atoms with van der Waals surface area (Å²) in [6.07, 6.45) is 0. The third-order valence-electron chi connectivity index (χ3n) is 18.2. The molecule has 12 aromatic carbocycles. The largest absolute Gasteiger partial charge is 0.311 e. The maximum atomic E-state index is 5.70. The first-order valence-corrected chi connectivity index (χ1v) is 31.4. The lowest BCUT2D eigenvalue weighted by Crippen LogP contribution is -2.61. The summed E-state index contributed by atoms with van der Waals surface area (Å²) in [4.78, 5) is 31.7. The molecular formula is C83H59BN8. The van der Waals surface area contributed by atoms with Crippen LogP contribution in [0.15, 0.2) is 303 Å². The third-order valence-corrected chi connectivity index (χ3v) is 18.2.